The van der Waals surface area contributed by atoms with Gasteiger partial charge in [0.25, 0.3) is 5.91 Å². The van der Waals surface area contributed by atoms with E-state index >= 15 is 0 Å². The second-order valence-corrected chi connectivity index (χ2v) is 5.72. The number of carbonyl (C=O) groups is 1. The summed E-state index contributed by atoms with van der Waals surface area (Å²) in [5, 5.41) is 3.29. The first kappa shape index (κ1) is 21.4. The van der Waals surface area contributed by atoms with Crippen LogP contribution in [-0.4, -0.2) is 50.2 Å². The first-order valence-corrected chi connectivity index (χ1v) is 8.21. The minimum Gasteiger partial charge on any atom is -0.493 e. The van der Waals surface area contributed by atoms with Gasteiger partial charge >= 0.3 is 6.61 Å². The fourth-order valence-electron chi connectivity index (χ4n) is 2.97. The highest BCUT2D eigenvalue weighted by Gasteiger charge is 2.26. The van der Waals surface area contributed by atoms with Gasteiger partial charge in [-0.05, 0) is 50.6 Å². The van der Waals surface area contributed by atoms with Crippen molar-refractivity contribution in [3.05, 3.63) is 23.8 Å². The summed E-state index contributed by atoms with van der Waals surface area (Å²) in [5.41, 5.74) is 0.417. The fourth-order valence-corrected chi connectivity index (χ4v) is 2.97. The van der Waals surface area contributed by atoms with Gasteiger partial charge in [-0.3, -0.25) is 4.79 Å². The number of hydrogen-bond acceptors (Lipinski definition) is 4. The first-order valence-electron chi connectivity index (χ1n) is 8.21. The molecule has 1 aliphatic heterocycles. The monoisotopic (exact) mass is 378 g/mol. The maximum Gasteiger partial charge on any atom is 0.387 e. The quantitative estimate of drug-likeness (QED) is 0.790. The summed E-state index contributed by atoms with van der Waals surface area (Å²) in [6, 6.07) is 4.52. The number of carbonyl (C=O) groups excluding carboxylic acids is 1. The van der Waals surface area contributed by atoms with Crippen molar-refractivity contribution in [2.75, 3.05) is 26.7 Å². The number of benzene rings is 1. The van der Waals surface area contributed by atoms with Crippen LogP contribution in [0.15, 0.2) is 18.2 Å². The summed E-state index contributed by atoms with van der Waals surface area (Å²) in [6.07, 6.45) is 2.68. The van der Waals surface area contributed by atoms with Crippen LogP contribution in [-0.2, 0) is 0 Å². The Balaban J connectivity index is 0.00000312. The van der Waals surface area contributed by atoms with Crippen LogP contribution in [0.25, 0.3) is 0 Å². The van der Waals surface area contributed by atoms with Gasteiger partial charge in [0.15, 0.2) is 11.5 Å². The van der Waals surface area contributed by atoms with E-state index in [1.165, 1.54) is 25.3 Å². The zero-order valence-corrected chi connectivity index (χ0v) is 15.3. The van der Waals surface area contributed by atoms with E-state index < -0.39 is 6.61 Å². The molecule has 0 saturated carbocycles. The lowest BCUT2D eigenvalue weighted by molar-refractivity contribution is -0.0512. The zero-order valence-electron chi connectivity index (χ0n) is 14.5. The van der Waals surface area contributed by atoms with Crippen molar-refractivity contribution in [3.8, 4) is 11.5 Å². The third kappa shape index (κ3) is 5.71. The lowest BCUT2D eigenvalue weighted by atomic mass is 10.0. The summed E-state index contributed by atoms with van der Waals surface area (Å²) in [7, 11) is 1.36. The Kier molecular flexibility index (Phi) is 8.92. The van der Waals surface area contributed by atoms with Gasteiger partial charge in [-0.2, -0.15) is 8.78 Å². The lowest BCUT2D eigenvalue weighted by Crippen LogP contribution is -2.46. The van der Waals surface area contributed by atoms with E-state index in [1.54, 1.807) is 0 Å². The highest BCUT2D eigenvalue weighted by Crippen LogP contribution is 2.30. The number of hydrogen-bond donors (Lipinski definition) is 1. The van der Waals surface area contributed by atoms with Crippen molar-refractivity contribution >= 4 is 18.3 Å². The molecule has 1 aliphatic rings. The summed E-state index contributed by atoms with van der Waals surface area (Å²) >= 11 is 0. The Morgan fingerprint density at radius 1 is 1.32 bits per heavy atom. The smallest absolute Gasteiger partial charge is 0.387 e. The van der Waals surface area contributed by atoms with Crippen LogP contribution >= 0.6 is 12.4 Å². The maximum atomic E-state index is 12.9. The van der Waals surface area contributed by atoms with Crippen LogP contribution in [0.3, 0.4) is 0 Å². The molecule has 25 heavy (non-hydrogen) atoms. The molecular formula is C17H25ClF2N2O3. The largest absolute Gasteiger partial charge is 0.493 e. The van der Waals surface area contributed by atoms with E-state index in [-0.39, 0.29) is 35.9 Å². The molecule has 0 aromatic heterocycles. The molecule has 1 fully saturated rings. The number of nitrogens with zero attached hydrogens (tertiary/aromatic N) is 1. The minimum absolute atomic E-state index is 0. The topological polar surface area (TPSA) is 50.8 Å². The molecule has 0 bridgehead atoms. The van der Waals surface area contributed by atoms with Gasteiger partial charge in [0, 0.05) is 18.2 Å². The molecule has 0 unspecified atom stereocenters. The van der Waals surface area contributed by atoms with E-state index in [0.717, 1.165) is 32.4 Å². The molecule has 1 N–H and O–H groups in total. The maximum absolute atomic E-state index is 12.9. The van der Waals surface area contributed by atoms with Crippen LogP contribution in [0.2, 0.25) is 0 Å². The Bertz CT molecular complexity index is 555. The Labute approximate surface area is 153 Å². The van der Waals surface area contributed by atoms with Crippen LogP contribution < -0.4 is 14.8 Å². The minimum atomic E-state index is -2.94. The normalized spacial score (nSPS) is 14.8. The predicted octanol–water partition coefficient (Wildman–Crippen LogP) is 3.32. The second-order valence-electron chi connectivity index (χ2n) is 5.72. The van der Waals surface area contributed by atoms with E-state index in [1.807, 2.05) is 11.8 Å². The first-order chi connectivity index (χ1) is 11.6. The van der Waals surface area contributed by atoms with Crippen LogP contribution in [0, 0.1) is 0 Å². The highest BCUT2D eigenvalue weighted by atomic mass is 35.5. The van der Waals surface area contributed by atoms with Crippen LogP contribution in [0.5, 0.6) is 11.5 Å². The molecular weight excluding hydrogens is 354 g/mol. The molecule has 8 heteroatoms. The molecule has 0 spiro atoms. The summed E-state index contributed by atoms with van der Waals surface area (Å²) < 4.78 is 34.3. The number of ether oxygens (including phenoxy) is 2. The molecule has 142 valence electrons. The number of halogens is 3. The highest BCUT2D eigenvalue weighted by molar-refractivity contribution is 5.95. The molecule has 1 amide bonds. The third-order valence-corrected chi connectivity index (χ3v) is 4.10. The Morgan fingerprint density at radius 2 is 2.00 bits per heavy atom. The summed E-state index contributed by atoms with van der Waals surface area (Å²) in [5.74, 6) is -0.0542. The van der Waals surface area contributed by atoms with Gasteiger partial charge in [0.1, 0.15) is 0 Å². The molecule has 2 rings (SSSR count). The van der Waals surface area contributed by atoms with Gasteiger partial charge < -0.3 is 19.7 Å². The SMILES string of the molecule is CCCN(C(=O)c1ccc(OC(F)F)c(OC)c1)C1CCNCC1.Cl. The number of alkyl halides is 2. The molecule has 5 nitrogen and oxygen atoms in total. The number of amides is 1. The van der Waals surface area contributed by atoms with Crippen molar-refractivity contribution in [3.63, 3.8) is 0 Å². The third-order valence-electron chi connectivity index (χ3n) is 4.10. The zero-order chi connectivity index (χ0) is 17.5. The van der Waals surface area contributed by atoms with E-state index in [4.69, 9.17) is 4.74 Å². The fraction of sp³-hybridized carbons (Fsp3) is 0.588. The predicted molar refractivity (Wildman–Crippen MR) is 94.1 cm³/mol. The van der Waals surface area contributed by atoms with Gasteiger partial charge in [-0.15, -0.1) is 12.4 Å². The van der Waals surface area contributed by atoms with E-state index in [9.17, 15) is 13.6 Å². The van der Waals surface area contributed by atoms with Gasteiger partial charge in [0.2, 0.25) is 0 Å². The van der Waals surface area contributed by atoms with Crippen molar-refractivity contribution in [2.24, 2.45) is 0 Å². The lowest BCUT2D eigenvalue weighted by Gasteiger charge is -2.34. The van der Waals surface area contributed by atoms with Crippen molar-refractivity contribution in [1.82, 2.24) is 10.2 Å². The summed E-state index contributed by atoms with van der Waals surface area (Å²) in [6.45, 7) is 1.54. The molecule has 1 aromatic carbocycles. The van der Waals surface area contributed by atoms with Gasteiger partial charge in [-0.1, -0.05) is 6.92 Å². The van der Waals surface area contributed by atoms with E-state index in [0.29, 0.717) is 12.1 Å². The van der Waals surface area contributed by atoms with Crippen LogP contribution in [0.1, 0.15) is 36.5 Å². The molecule has 0 aliphatic carbocycles. The average Bonchev–Trinajstić information content (AvgIpc) is 2.59. The van der Waals surface area contributed by atoms with E-state index in [2.05, 4.69) is 10.1 Å². The number of rotatable bonds is 7. The standard InChI is InChI=1S/C17H24F2N2O3.ClH/c1-3-10-21(13-6-8-20-9-7-13)16(22)12-4-5-14(24-17(18)19)15(11-12)23-2;/h4-5,11,13,17,20H,3,6-10H2,1-2H3;1H. The van der Waals surface area contributed by atoms with Gasteiger partial charge in [0.05, 0.1) is 7.11 Å². The van der Waals surface area contributed by atoms with Gasteiger partial charge in [-0.25, -0.2) is 0 Å². The number of nitrogens with one attached hydrogen (secondary N) is 1. The van der Waals surface area contributed by atoms with Crippen molar-refractivity contribution in [1.29, 1.82) is 0 Å². The van der Waals surface area contributed by atoms with Crippen molar-refractivity contribution < 1.29 is 23.0 Å². The summed E-state index contributed by atoms with van der Waals surface area (Å²) in [4.78, 5) is 14.8. The molecule has 1 aromatic rings. The average molecular weight is 379 g/mol. The Morgan fingerprint density at radius 3 is 2.56 bits per heavy atom. The second kappa shape index (κ2) is 10.4. The number of methoxy groups -OCH3 is 1. The number of piperidine rings is 1. The molecule has 0 atom stereocenters. The molecule has 1 saturated heterocycles. The Hall–Kier alpha value is -1.60. The van der Waals surface area contributed by atoms with Crippen molar-refractivity contribution in [2.45, 2.75) is 38.8 Å². The van der Waals surface area contributed by atoms with Crippen LogP contribution in [0.4, 0.5) is 8.78 Å². The molecule has 0 radical (unpaired) electrons. The molecule has 1 heterocycles.